The molecule has 0 saturated carbocycles. The monoisotopic (exact) mass is 392 g/mol. The molecule has 0 saturated heterocycles. The van der Waals surface area contributed by atoms with Gasteiger partial charge in [0.05, 0.1) is 10.6 Å². The summed E-state index contributed by atoms with van der Waals surface area (Å²) in [5, 5.41) is 3.47. The van der Waals surface area contributed by atoms with Gasteiger partial charge in [-0.15, -0.1) is 0 Å². The van der Waals surface area contributed by atoms with Crippen molar-refractivity contribution in [2.24, 2.45) is 7.05 Å². The number of nitrogens with one attached hydrogen (secondary N) is 1. The second-order valence-electron chi connectivity index (χ2n) is 6.48. The standard InChI is InChI=1S/C21H20N4O2S/c1-14-19(20-22-12-13-25(20)2)28-21(23-14)24-18(26)11-9-16-8-10-17(27-16)15-6-4-3-5-7-15/h3-8,10,12-13H,9,11H2,1-2H3,(H,23,24,26). The molecule has 0 bridgehead atoms. The second-order valence-corrected chi connectivity index (χ2v) is 7.47. The number of hydrogen-bond donors (Lipinski definition) is 1. The summed E-state index contributed by atoms with van der Waals surface area (Å²) in [6.07, 6.45) is 4.51. The molecule has 0 radical (unpaired) electrons. The van der Waals surface area contributed by atoms with Gasteiger partial charge >= 0.3 is 0 Å². The van der Waals surface area contributed by atoms with Gasteiger partial charge in [0.25, 0.3) is 0 Å². The highest BCUT2D eigenvalue weighted by molar-refractivity contribution is 7.19. The van der Waals surface area contributed by atoms with E-state index in [1.165, 1.54) is 11.3 Å². The molecular formula is C21H20N4O2S. The van der Waals surface area contributed by atoms with Gasteiger partial charge in [0.15, 0.2) is 11.0 Å². The van der Waals surface area contributed by atoms with Crippen LogP contribution >= 0.6 is 11.3 Å². The van der Waals surface area contributed by atoms with E-state index in [0.29, 0.717) is 18.0 Å². The minimum absolute atomic E-state index is 0.0854. The molecule has 0 atom stereocenters. The lowest BCUT2D eigenvalue weighted by atomic mass is 10.2. The van der Waals surface area contributed by atoms with E-state index in [0.717, 1.165) is 33.5 Å². The van der Waals surface area contributed by atoms with Crippen LogP contribution in [0.3, 0.4) is 0 Å². The van der Waals surface area contributed by atoms with Crippen LogP contribution in [0, 0.1) is 6.92 Å². The van der Waals surface area contributed by atoms with Crippen molar-refractivity contribution in [3.63, 3.8) is 0 Å². The lowest BCUT2D eigenvalue weighted by Crippen LogP contribution is -2.11. The van der Waals surface area contributed by atoms with Crippen LogP contribution in [0.1, 0.15) is 17.9 Å². The van der Waals surface area contributed by atoms with Crippen molar-refractivity contribution >= 4 is 22.4 Å². The van der Waals surface area contributed by atoms with E-state index < -0.39 is 0 Å². The Morgan fingerprint density at radius 2 is 2.04 bits per heavy atom. The third kappa shape index (κ3) is 3.89. The van der Waals surface area contributed by atoms with Gasteiger partial charge in [-0.1, -0.05) is 41.7 Å². The third-order valence-corrected chi connectivity index (χ3v) is 5.45. The van der Waals surface area contributed by atoms with Crippen molar-refractivity contribution in [1.29, 1.82) is 0 Å². The molecule has 3 aromatic heterocycles. The number of anilines is 1. The number of rotatable bonds is 6. The summed E-state index contributed by atoms with van der Waals surface area (Å²) in [5.41, 5.74) is 1.88. The van der Waals surface area contributed by atoms with Crippen molar-refractivity contribution in [3.05, 3.63) is 66.3 Å². The van der Waals surface area contributed by atoms with E-state index in [1.54, 1.807) is 6.20 Å². The Balaban J connectivity index is 1.37. The normalized spacial score (nSPS) is 10.9. The van der Waals surface area contributed by atoms with Crippen LogP contribution in [-0.4, -0.2) is 20.4 Å². The van der Waals surface area contributed by atoms with Crippen LogP contribution in [0.25, 0.3) is 22.0 Å². The lowest BCUT2D eigenvalue weighted by Gasteiger charge is -2.00. The maximum absolute atomic E-state index is 12.3. The highest BCUT2D eigenvalue weighted by atomic mass is 32.1. The molecule has 0 aliphatic rings. The molecular weight excluding hydrogens is 372 g/mol. The molecule has 4 aromatic rings. The summed E-state index contributed by atoms with van der Waals surface area (Å²) in [5.74, 6) is 2.36. The van der Waals surface area contributed by atoms with Gasteiger partial charge in [-0.3, -0.25) is 4.79 Å². The quantitative estimate of drug-likeness (QED) is 0.517. The maximum Gasteiger partial charge on any atom is 0.226 e. The van der Waals surface area contributed by atoms with Crippen LogP contribution in [-0.2, 0) is 18.3 Å². The average molecular weight is 392 g/mol. The van der Waals surface area contributed by atoms with Gasteiger partial charge in [-0.05, 0) is 19.1 Å². The Morgan fingerprint density at radius 1 is 1.21 bits per heavy atom. The van der Waals surface area contributed by atoms with Crippen LogP contribution in [0.4, 0.5) is 5.13 Å². The Hall–Kier alpha value is -3.19. The van der Waals surface area contributed by atoms with E-state index in [-0.39, 0.29) is 5.91 Å². The average Bonchev–Trinajstić information content (AvgIpc) is 3.41. The number of carbonyl (C=O) groups is 1. The molecule has 1 amide bonds. The predicted molar refractivity (Wildman–Crippen MR) is 110 cm³/mol. The first-order chi connectivity index (χ1) is 13.6. The zero-order chi connectivity index (χ0) is 19.5. The Morgan fingerprint density at radius 3 is 2.79 bits per heavy atom. The van der Waals surface area contributed by atoms with E-state index in [1.807, 2.05) is 67.2 Å². The molecule has 3 heterocycles. The van der Waals surface area contributed by atoms with Gasteiger partial charge in [0.1, 0.15) is 11.5 Å². The highest BCUT2D eigenvalue weighted by Gasteiger charge is 2.15. The van der Waals surface area contributed by atoms with Gasteiger partial charge in [-0.2, -0.15) is 0 Å². The molecule has 142 valence electrons. The number of aromatic nitrogens is 3. The first-order valence-corrected chi connectivity index (χ1v) is 9.81. The van der Waals surface area contributed by atoms with Gasteiger partial charge < -0.3 is 14.3 Å². The molecule has 0 unspecified atom stereocenters. The van der Waals surface area contributed by atoms with Crippen LogP contribution in [0.15, 0.2) is 59.3 Å². The predicted octanol–water partition coefficient (Wildman–Crippen LogP) is 4.68. The summed E-state index contributed by atoms with van der Waals surface area (Å²) in [7, 11) is 1.94. The number of imidazole rings is 1. The summed E-state index contributed by atoms with van der Waals surface area (Å²) in [6.45, 7) is 1.92. The summed E-state index contributed by atoms with van der Waals surface area (Å²) < 4.78 is 7.79. The first-order valence-electron chi connectivity index (χ1n) is 8.99. The molecule has 28 heavy (non-hydrogen) atoms. The number of hydrogen-bond acceptors (Lipinski definition) is 5. The van der Waals surface area contributed by atoms with Gasteiger partial charge in [0, 0.05) is 37.8 Å². The fourth-order valence-corrected chi connectivity index (χ4v) is 3.95. The van der Waals surface area contributed by atoms with Crippen molar-refractivity contribution in [3.8, 4) is 22.0 Å². The zero-order valence-corrected chi connectivity index (χ0v) is 16.5. The molecule has 1 aromatic carbocycles. The Kier molecular flexibility index (Phi) is 5.08. The molecule has 0 spiro atoms. The van der Waals surface area contributed by atoms with Crippen molar-refractivity contribution in [2.75, 3.05) is 5.32 Å². The van der Waals surface area contributed by atoms with E-state index in [4.69, 9.17) is 4.42 Å². The van der Waals surface area contributed by atoms with Crippen molar-refractivity contribution in [2.45, 2.75) is 19.8 Å². The van der Waals surface area contributed by atoms with E-state index in [9.17, 15) is 4.79 Å². The number of carbonyl (C=O) groups excluding carboxylic acids is 1. The smallest absolute Gasteiger partial charge is 0.226 e. The van der Waals surface area contributed by atoms with Crippen molar-refractivity contribution in [1.82, 2.24) is 14.5 Å². The van der Waals surface area contributed by atoms with Crippen molar-refractivity contribution < 1.29 is 9.21 Å². The summed E-state index contributed by atoms with van der Waals surface area (Å²) >= 11 is 1.43. The fourth-order valence-electron chi connectivity index (χ4n) is 2.93. The fraction of sp³-hybridized carbons (Fsp3) is 0.190. The number of amides is 1. The maximum atomic E-state index is 12.3. The van der Waals surface area contributed by atoms with Crippen LogP contribution in [0.2, 0.25) is 0 Å². The second kappa shape index (κ2) is 7.82. The number of nitrogens with zero attached hydrogens (tertiary/aromatic N) is 3. The molecule has 6 nitrogen and oxygen atoms in total. The van der Waals surface area contributed by atoms with Crippen LogP contribution in [0.5, 0.6) is 0 Å². The molecule has 0 aliphatic carbocycles. The highest BCUT2D eigenvalue weighted by Crippen LogP contribution is 2.31. The topological polar surface area (TPSA) is 73.0 Å². The molecule has 0 fully saturated rings. The molecule has 7 heteroatoms. The minimum Gasteiger partial charge on any atom is -0.461 e. The third-order valence-electron chi connectivity index (χ3n) is 4.39. The Labute approximate surface area is 166 Å². The first kappa shape index (κ1) is 18.2. The minimum atomic E-state index is -0.0854. The number of thiazole rings is 1. The summed E-state index contributed by atoms with van der Waals surface area (Å²) in [6, 6.07) is 13.8. The lowest BCUT2D eigenvalue weighted by molar-refractivity contribution is -0.116. The SMILES string of the molecule is Cc1nc(NC(=O)CCc2ccc(-c3ccccc3)o2)sc1-c1nccn1C. The van der Waals surface area contributed by atoms with Gasteiger partial charge in [-0.25, -0.2) is 9.97 Å². The zero-order valence-electron chi connectivity index (χ0n) is 15.7. The molecule has 1 N–H and O–H groups in total. The Bertz CT molecular complexity index is 1090. The van der Waals surface area contributed by atoms with E-state index >= 15 is 0 Å². The molecule has 0 aliphatic heterocycles. The largest absolute Gasteiger partial charge is 0.461 e. The molecule has 4 rings (SSSR count). The van der Waals surface area contributed by atoms with E-state index in [2.05, 4.69) is 15.3 Å². The number of benzene rings is 1. The number of furan rings is 1. The van der Waals surface area contributed by atoms with Gasteiger partial charge in [0.2, 0.25) is 5.91 Å². The van der Waals surface area contributed by atoms with Crippen LogP contribution < -0.4 is 5.32 Å². The summed E-state index contributed by atoms with van der Waals surface area (Å²) in [4.78, 5) is 22.1. The number of aryl methyl sites for hydroxylation is 3.